The normalized spacial score (nSPS) is 12.8. The first-order valence-electron chi connectivity index (χ1n) is 12.3. The Hall–Kier alpha value is -3.38. The van der Waals surface area contributed by atoms with Crippen molar-refractivity contribution in [3.05, 3.63) is 87.5 Å². The van der Waals surface area contributed by atoms with Gasteiger partial charge < -0.3 is 15.1 Å². The standard InChI is InChI=1S/C29H30N2O3S/c1-18(2)20-11-12-24-23(15-20)21(17-34-24)16-26(32)31-29-27(22-9-6-10-25(22)35-29)28(33)30-14-13-19-7-4-3-5-8-19/h3-5,7-8,11-12,15,17-18H,6,9-10,13-14,16H2,1-2H3,(H,30,33)(H,31,32). The quantitative estimate of drug-likeness (QED) is 0.309. The molecule has 0 spiro atoms. The van der Waals surface area contributed by atoms with Gasteiger partial charge in [0.2, 0.25) is 5.91 Å². The fourth-order valence-corrected chi connectivity index (χ4v) is 6.03. The first kappa shape index (κ1) is 23.4. The number of furan rings is 1. The summed E-state index contributed by atoms with van der Waals surface area (Å²) in [6.07, 6.45) is 5.54. The van der Waals surface area contributed by atoms with Gasteiger partial charge in [0.05, 0.1) is 18.2 Å². The lowest BCUT2D eigenvalue weighted by Crippen LogP contribution is -2.27. The monoisotopic (exact) mass is 486 g/mol. The lowest BCUT2D eigenvalue weighted by atomic mass is 10.00. The van der Waals surface area contributed by atoms with Crippen LogP contribution in [0.15, 0.2) is 59.2 Å². The Morgan fingerprint density at radius 1 is 1.09 bits per heavy atom. The molecule has 0 saturated carbocycles. The first-order valence-corrected chi connectivity index (χ1v) is 13.1. The van der Waals surface area contributed by atoms with E-state index in [1.807, 2.05) is 24.3 Å². The van der Waals surface area contributed by atoms with E-state index in [4.69, 9.17) is 4.42 Å². The van der Waals surface area contributed by atoms with Gasteiger partial charge in [0, 0.05) is 22.4 Å². The Morgan fingerprint density at radius 3 is 2.71 bits per heavy atom. The summed E-state index contributed by atoms with van der Waals surface area (Å²) in [4.78, 5) is 27.5. The molecule has 1 aliphatic carbocycles. The van der Waals surface area contributed by atoms with Crippen molar-refractivity contribution in [1.82, 2.24) is 5.32 Å². The van der Waals surface area contributed by atoms with Gasteiger partial charge in [-0.2, -0.15) is 0 Å². The van der Waals surface area contributed by atoms with Crippen LogP contribution in [0.5, 0.6) is 0 Å². The minimum Gasteiger partial charge on any atom is -0.464 e. The van der Waals surface area contributed by atoms with Crippen molar-refractivity contribution in [2.75, 3.05) is 11.9 Å². The maximum atomic E-state index is 13.2. The lowest BCUT2D eigenvalue weighted by molar-refractivity contribution is -0.115. The molecule has 35 heavy (non-hydrogen) atoms. The molecule has 0 aliphatic heterocycles. The summed E-state index contributed by atoms with van der Waals surface area (Å²) >= 11 is 1.54. The highest BCUT2D eigenvalue weighted by Gasteiger charge is 2.27. The molecule has 1 aliphatic rings. The van der Waals surface area contributed by atoms with Crippen LogP contribution in [-0.2, 0) is 30.5 Å². The van der Waals surface area contributed by atoms with E-state index < -0.39 is 0 Å². The van der Waals surface area contributed by atoms with Crippen LogP contribution in [0.3, 0.4) is 0 Å². The van der Waals surface area contributed by atoms with Gasteiger partial charge in [0.15, 0.2) is 0 Å². The van der Waals surface area contributed by atoms with Crippen molar-refractivity contribution >= 4 is 39.1 Å². The van der Waals surface area contributed by atoms with Gasteiger partial charge in [-0.1, -0.05) is 50.2 Å². The SMILES string of the molecule is CC(C)c1ccc2occ(CC(=O)Nc3sc4c(c3C(=O)NCCc3ccccc3)CCC4)c2c1. The highest BCUT2D eigenvalue weighted by atomic mass is 32.1. The van der Waals surface area contributed by atoms with E-state index in [9.17, 15) is 9.59 Å². The van der Waals surface area contributed by atoms with Crippen molar-refractivity contribution < 1.29 is 14.0 Å². The van der Waals surface area contributed by atoms with Gasteiger partial charge in [-0.25, -0.2) is 0 Å². The molecule has 2 heterocycles. The summed E-state index contributed by atoms with van der Waals surface area (Å²) in [5, 5.41) is 7.74. The van der Waals surface area contributed by atoms with Crippen molar-refractivity contribution in [1.29, 1.82) is 0 Å². The highest BCUT2D eigenvalue weighted by molar-refractivity contribution is 7.17. The van der Waals surface area contributed by atoms with Crippen LogP contribution in [0.1, 0.15) is 63.7 Å². The van der Waals surface area contributed by atoms with Crippen molar-refractivity contribution in [2.24, 2.45) is 0 Å². The average Bonchev–Trinajstić information content (AvgIpc) is 3.54. The molecule has 0 fully saturated rings. The lowest BCUT2D eigenvalue weighted by Gasteiger charge is -2.10. The number of nitrogens with one attached hydrogen (secondary N) is 2. The van der Waals surface area contributed by atoms with Crippen LogP contribution < -0.4 is 10.6 Å². The summed E-state index contributed by atoms with van der Waals surface area (Å²) in [5.41, 5.74) is 5.78. The Labute approximate surface area is 209 Å². The predicted octanol–water partition coefficient (Wildman–Crippen LogP) is 6.26. The largest absolute Gasteiger partial charge is 0.464 e. The zero-order valence-corrected chi connectivity index (χ0v) is 21.0. The van der Waals surface area contributed by atoms with Gasteiger partial charge >= 0.3 is 0 Å². The number of fused-ring (bicyclic) bond motifs is 2. The number of hydrogen-bond donors (Lipinski definition) is 2. The van der Waals surface area contributed by atoms with Crippen LogP contribution >= 0.6 is 11.3 Å². The van der Waals surface area contributed by atoms with Crippen LogP contribution in [0.25, 0.3) is 11.0 Å². The molecular formula is C29H30N2O3S. The summed E-state index contributed by atoms with van der Waals surface area (Å²) in [6, 6.07) is 16.3. The Bertz CT molecular complexity index is 1370. The summed E-state index contributed by atoms with van der Waals surface area (Å²) in [5.74, 6) is 0.152. The molecule has 0 bridgehead atoms. The molecule has 2 aromatic carbocycles. The first-order chi connectivity index (χ1) is 17.0. The Morgan fingerprint density at radius 2 is 1.91 bits per heavy atom. The zero-order valence-electron chi connectivity index (χ0n) is 20.1. The molecule has 0 saturated heterocycles. The molecule has 0 unspecified atom stereocenters. The predicted molar refractivity (Wildman–Crippen MR) is 141 cm³/mol. The van der Waals surface area contributed by atoms with Crippen molar-refractivity contribution in [3.63, 3.8) is 0 Å². The molecule has 6 heteroatoms. The highest BCUT2D eigenvalue weighted by Crippen LogP contribution is 2.39. The summed E-state index contributed by atoms with van der Waals surface area (Å²) in [6.45, 7) is 4.85. The minimum absolute atomic E-state index is 0.106. The molecular weight excluding hydrogens is 456 g/mol. The number of amides is 2. The molecule has 0 radical (unpaired) electrons. The smallest absolute Gasteiger partial charge is 0.254 e. The topological polar surface area (TPSA) is 71.3 Å². The third-order valence-electron chi connectivity index (χ3n) is 6.64. The summed E-state index contributed by atoms with van der Waals surface area (Å²) < 4.78 is 5.69. The number of carbonyl (C=O) groups is 2. The number of carbonyl (C=O) groups excluding carboxylic acids is 2. The van der Waals surface area contributed by atoms with Gasteiger partial charge in [-0.15, -0.1) is 11.3 Å². The Kier molecular flexibility index (Phi) is 6.73. The maximum Gasteiger partial charge on any atom is 0.254 e. The van der Waals surface area contributed by atoms with E-state index in [0.29, 0.717) is 23.0 Å². The minimum atomic E-state index is -0.138. The number of rotatable bonds is 8. The third kappa shape index (κ3) is 5.03. The molecule has 4 aromatic rings. The van der Waals surface area contributed by atoms with Crippen molar-refractivity contribution in [2.45, 2.75) is 51.9 Å². The molecule has 180 valence electrons. The zero-order chi connectivity index (χ0) is 24.4. The van der Waals surface area contributed by atoms with E-state index in [1.165, 1.54) is 16.0 Å². The van der Waals surface area contributed by atoms with Crippen LogP contribution in [0.4, 0.5) is 5.00 Å². The molecule has 5 rings (SSSR count). The number of benzene rings is 2. The maximum absolute atomic E-state index is 13.2. The van der Waals surface area contributed by atoms with E-state index in [1.54, 1.807) is 17.6 Å². The fraction of sp³-hybridized carbons (Fsp3) is 0.310. The molecule has 5 nitrogen and oxygen atoms in total. The molecule has 2 amide bonds. The average molecular weight is 487 g/mol. The molecule has 2 N–H and O–H groups in total. The number of aryl methyl sites for hydroxylation is 1. The van der Waals surface area contributed by atoms with Crippen LogP contribution in [-0.4, -0.2) is 18.4 Å². The fourth-order valence-electron chi connectivity index (χ4n) is 4.73. The van der Waals surface area contributed by atoms with Gasteiger partial charge in [-0.3, -0.25) is 9.59 Å². The second-order valence-corrected chi connectivity index (χ2v) is 10.6. The summed E-state index contributed by atoms with van der Waals surface area (Å²) in [7, 11) is 0. The second kappa shape index (κ2) is 10.1. The van der Waals surface area contributed by atoms with Crippen LogP contribution in [0.2, 0.25) is 0 Å². The van der Waals surface area contributed by atoms with Gasteiger partial charge in [0.1, 0.15) is 10.6 Å². The van der Waals surface area contributed by atoms with E-state index >= 15 is 0 Å². The number of anilines is 1. The van der Waals surface area contributed by atoms with E-state index in [0.717, 1.165) is 47.8 Å². The Balaban J connectivity index is 1.30. The van der Waals surface area contributed by atoms with E-state index in [-0.39, 0.29) is 18.2 Å². The third-order valence-corrected chi connectivity index (χ3v) is 7.85. The number of thiophene rings is 1. The second-order valence-electron chi connectivity index (χ2n) is 9.45. The van der Waals surface area contributed by atoms with E-state index in [2.05, 4.69) is 48.7 Å². The number of hydrogen-bond acceptors (Lipinski definition) is 4. The van der Waals surface area contributed by atoms with Gasteiger partial charge in [0.25, 0.3) is 5.91 Å². The van der Waals surface area contributed by atoms with Gasteiger partial charge in [-0.05, 0) is 60.4 Å². The van der Waals surface area contributed by atoms with Crippen LogP contribution in [0, 0.1) is 0 Å². The molecule has 2 aromatic heterocycles. The molecule has 0 atom stereocenters. The van der Waals surface area contributed by atoms with Crippen molar-refractivity contribution in [3.8, 4) is 0 Å².